The molecule has 8 rings (SSSR count). The van der Waals surface area contributed by atoms with Gasteiger partial charge in [0.1, 0.15) is 11.6 Å². The number of para-hydroxylation sites is 6. The lowest BCUT2D eigenvalue weighted by atomic mass is 10.1. The zero-order valence-corrected chi connectivity index (χ0v) is 38.8. The van der Waals surface area contributed by atoms with E-state index in [1.165, 1.54) is 48.5 Å². The highest BCUT2D eigenvalue weighted by molar-refractivity contribution is 5.52. The number of nitrogens with two attached hydrogens (primary N) is 4. The van der Waals surface area contributed by atoms with Crippen LogP contribution in [0.4, 0.5) is 54.3 Å². The minimum atomic E-state index is -0.570. The summed E-state index contributed by atoms with van der Waals surface area (Å²) in [6.45, 7) is 7.51. The molecule has 8 aromatic carbocycles. The summed E-state index contributed by atoms with van der Waals surface area (Å²) in [5, 5.41) is 40.5. The summed E-state index contributed by atoms with van der Waals surface area (Å²) >= 11 is 0. The number of benzene rings is 8. The minimum absolute atomic E-state index is 0.0959. The van der Waals surface area contributed by atoms with E-state index in [1.807, 2.05) is 98.8 Å². The zero-order valence-electron chi connectivity index (χ0n) is 38.8. The van der Waals surface area contributed by atoms with Gasteiger partial charge in [0.2, 0.25) is 0 Å². The molecule has 0 aliphatic carbocycles. The van der Waals surface area contributed by atoms with E-state index in [4.69, 9.17) is 22.9 Å². The van der Waals surface area contributed by atoms with Crippen LogP contribution in [0.3, 0.4) is 0 Å². The Morgan fingerprint density at radius 1 is 0.314 bits per heavy atom. The van der Waals surface area contributed by atoms with Gasteiger partial charge in [0.25, 0.3) is 22.7 Å². The predicted octanol–water partition coefficient (Wildman–Crippen LogP) is 13.0. The summed E-state index contributed by atoms with van der Waals surface area (Å²) in [4.78, 5) is 38.7. The van der Waals surface area contributed by atoms with Crippen LogP contribution in [0.15, 0.2) is 206 Å². The van der Waals surface area contributed by atoms with Crippen LogP contribution in [0.25, 0.3) is 0 Å². The van der Waals surface area contributed by atoms with E-state index in [2.05, 4.69) is 0 Å². The van der Waals surface area contributed by atoms with Gasteiger partial charge >= 0.3 is 0 Å². The molecule has 8 N–H and O–H groups in total. The van der Waals surface area contributed by atoms with E-state index in [9.17, 15) is 49.2 Å². The smallest absolute Gasteiger partial charge is 0.275 e. The van der Waals surface area contributed by atoms with Gasteiger partial charge in [-0.05, 0) is 99.5 Å². The fraction of sp³-hybridized carbons (Fsp3) is 0.0769. The highest BCUT2D eigenvalue weighted by Gasteiger charge is 2.12. The van der Waals surface area contributed by atoms with Crippen molar-refractivity contribution in [2.75, 3.05) is 22.9 Å². The van der Waals surface area contributed by atoms with E-state index < -0.39 is 20.6 Å². The Labute approximate surface area is 404 Å². The number of anilines is 4. The average Bonchev–Trinajstić information content (AvgIpc) is 3.34. The lowest BCUT2D eigenvalue weighted by Gasteiger charge is -2.00. The SMILES string of the molecule is Cc1cccc(C)c1N.Cc1cccc(C)c1[N+](=O)[O-].Nc1ccc(F)cc1.Nc1ccccc1.Nc1ccccc1.O=[N+]([O-])c1ccc(F)cc1.O=[N+]([O-])c1ccccc1.O=[N+]([O-])c1ccccc1. The summed E-state index contributed by atoms with van der Waals surface area (Å²) in [6, 6.07) is 56.2. The number of non-ortho nitro benzene ring substituents is 3. The van der Waals surface area contributed by atoms with E-state index in [-0.39, 0.29) is 33.5 Å². The standard InChI is InChI=1S/C8H9NO2.C8H11N.C6H4FNO2.C6H6FN.2C6H5NO2.2C6H7N/c1-6-4-3-5-7(2)8(6)9(10)11;1-6-4-3-5-7(2)8(6)9;7-5-1-3-6(4-2-5)8(9)10;7-5-1-3-6(8)4-2-5;2*8-7(9)6-4-2-1-3-5-6;2*7-6-4-2-1-3-5-6/h3-5H,1-2H3;3-5H,9H2,1-2H3;1-4H;1-4H,8H2;2*1-5H;2*1-5H,7H2. The molecule has 0 spiro atoms. The van der Waals surface area contributed by atoms with Gasteiger partial charge in [-0.2, -0.15) is 0 Å². The van der Waals surface area contributed by atoms with Gasteiger partial charge < -0.3 is 22.9 Å². The van der Waals surface area contributed by atoms with E-state index in [1.54, 1.807) is 62.4 Å². The number of nitro groups is 4. The van der Waals surface area contributed by atoms with Crippen molar-refractivity contribution in [1.29, 1.82) is 0 Å². The molecular formula is C52H54F2N8O8. The molecule has 0 radical (unpaired) electrons. The van der Waals surface area contributed by atoms with Crippen molar-refractivity contribution in [2.24, 2.45) is 0 Å². The normalized spacial score (nSPS) is 9.11. The number of nitrogen functional groups attached to an aromatic ring is 4. The zero-order chi connectivity index (χ0) is 52.4. The third-order valence-electron chi connectivity index (χ3n) is 8.60. The maximum atomic E-state index is 12.1. The molecule has 18 heteroatoms. The van der Waals surface area contributed by atoms with Crippen LogP contribution in [0.2, 0.25) is 0 Å². The summed E-state index contributed by atoms with van der Waals surface area (Å²) in [6.07, 6.45) is 0. The fourth-order valence-corrected chi connectivity index (χ4v) is 4.95. The fourth-order valence-electron chi connectivity index (χ4n) is 4.95. The lowest BCUT2D eigenvalue weighted by Crippen LogP contribution is -1.93. The molecule has 0 atom stereocenters. The molecule has 0 aliphatic heterocycles. The number of halogens is 2. The van der Waals surface area contributed by atoms with Gasteiger partial charge in [0.05, 0.1) is 19.7 Å². The van der Waals surface area contributed by atoms with Crippen molar-refractivity contribution >= 4 is 45.5 Å². The molecule has 0 amide bonds. The van der Waals surface area contributed by atoms with Crippen LogP contribution >= 0.6 is 0 Å². The minimum Gasteiger partial charge on any atom is -0.399 e. The first-order valence-corrected chi connectivity index (χ1v) is 20.7. The summed E-state index contributed by atoms with van der Waals surface area (Å²) in [5.41, 5.74) is 29.0. The summed E-state index contributed by atoms with van der Waals surface area (Å²) in [5.74, 6) is -0.718. The second-order valence-corrected chi connectivity index (χ2v) is 14.1. The van der Waals surface area contributed by atoms with E-state index in [0.717, 1.165) is 63.6 Å². The first-order valence-electron chi connectivity index (χ1n) is 20.7. The lowest BCUT2D eigenvalue weighted by molar-refractivity contribution is -0.386. The van der Waals surface area contributed by atoms with Crippen LogP contribution in [0.1, 0.15) is 22.3 Å². The van der Waals surface area contributed by atoms with Crippen molar-refractivity contribution in [3.05, 3.63) is 281 Å². The largest absolute Gasteiger partial charge is 0.399 e. The van der Waals surface area contributed by atoms with Crippen LogP contribution in [-0.4, -0.2) is 19.7 Å². The van der Waals surface area contributed by atoms with Crippen LogP contribution in [0.5, 0.6) is 0 Å². The first-order chi connectivity index (χ1) is 33.2. The Morgan fingerprint density at radius 3 is 0.786 bits per heavy atom. The maximum Gasteiger partial charge on any atom is 0.275 e. The van der Waals surface area contributed by atoms with Crippen LogP contribution < -0.4 is 22.9 Å². The molecule has 0 saturated carbocycles. The molecule has 0 fully saturated rings. The Balaban J connectivity index is 0.000000401. The quantitative estimate of drug-likeness (QED) is 0.0728. The van der Waals surface area contributed by atoms with Gasteiger partial charge in [0, 0.05) is 70.3 Å². The van der Waals surface area contributed by atoms with Crippen LogP contribution in [0, 0.1) is 79.8 Å². The molecule has 70 heavy (non-hydrogen) atoms. The topological polar surface area (TPSA) is 277 Å². The number of aryl methyl sites for hydroxylation is 4. The first kappa shape index (κ1) is 58.4. The second kappa shape index (κ2) is 33.0. The number of hydrogen-bond acceptors (Lipinski definition) is 12. The molecule has 364 valence electrons. The Hall–Kier alpha value is -9.58. The highest BCUT2D eigenvalue weighted by atomic mass is 19.1. The molecule has 0 heterocycles. The molecule has 0 saturated heterocycles. The number of nitrogens with zero attached hydrogens (tertiary/aromatic N) is 4. The van der Waals surface area contributed by atoms with Gasteiger partial charge in [-0.15, -0.1) is 0 Å². The molecule has 0 bridgehead atoms. The molecule has 0 aliphatic rings. The van der Waals surface area contributed by atoms with Crippen molar-refractivity contribution in [2.45, 2.75) is 27.7 Å². The summed E-state index contributed by atoms with van der Waals surface area (Å²) in [7, 11) is 0. The van der Waals surface area contributed by atoms with Crippen molar-refractivity contribution < 1.29 is 28.5 Å². The van der Waals surface area contributed by atoms with Gasteiger partial charge in [-0.1, -0.05) is 109 Å². The third-order valence-corrected chi connectivity index (χ3v) is 8.60. The second-order valence-electron chi connectivity index (χ2n) is 14.1. The van der Waals surface area contributed by atoms with E-state index in [0.29, 0.717) is 5.69 Å². The van der Waals surface area contributed by atoms with Gasteiger partial charge in [0.15, 0.2) is 0 Å². The number of rotatable bonds is 4. The molecular weight excluding hydrogens is 903 g/mol. The van der Waals surface area contributed by atoms with Gasteiger partial charge in [-0.3, -0.25) is 40.5 Å². The highest BCUT2D eigenvalue weighted by Crippen LogP contribution is 2.21. The Kier molecular flexibility index (Phi) is 27.5. The van der Waals surface area contributed by atoms with E-state index >= 15 is 0 Å². The Bertz CT molecular complexity index is 2610. The summed E-state index contributed by atoms with van der Waals surface area (Å²) < 4.78 is 24.2. The monoisotopic (exact) mass is 956 g/mol. The molecule has 16 nitrogen and oxygen atoms in total. The third kappa shape index (κ3) is 25.8. The number of hydrogen-bond donors (Lipinski definition) is 4. The maximum absolute atomic E-state index is 12.1. The van der Waals surface area contributed by atoms with Crippen LogP contribution in [-0.2, 0) is 0 Å². The van der Waals surface area contributed by atoms with Gasteiger partial charge in [-0.25, -0.2) is 8.78 Å². The van der Waals surface area contributed by atoms with Crippen molar-refractivity contribution in [1.82, 2.24) is 0 Å². The molecule has 8 aromatic rings. The molecule has 0 unspecified atom stereocenters. The molecule has 0 aromatic heterocycles. The average molecular weight is 957 g/mol. The Morgan fingerprint density at radius 2 is 0.571 bits per heavy atom. The number of nitro benzene ring substituents is 4. The van der Waals surface area contributed by atoms with Crippen molar-refractivity contribution in [3.63, 3.8) is 0 Å². The predicted molar refractivity (Wildman–Crippen MR) is 275 cm³/mol. The van der Waals surface area contributed by atoms with Crippen molar-refractivity contribution in [3.8, 4) is 0 Å².